The van der Waals surface area contributed by atoms with E-state index in [4.69, 9.17) is 9.15 Å². The van der Waals surface area contributed by atoms with Gasteiger partial charge in [0, 0.05) is 13.0 Å². The van der Waals surface area contributed by atoms with E-state index in [0.717, 1.165) is 0 Å². The summed E-state index contributed by atoms with van der Waals surface area (Å²) in [5.41, 5.74) is 0. The average Bonchev–Trinajstić information content (AvgIpc) is 2.98. The normalized spacial score (nSPS) is 23.4. The highest BCUT2D eigenvalue weighted by Crippen LogP contribution is 2.14. The van der Waals surface area contributed by atoms with E-state index in [1.807, 2.05) is 0 Å². The number of rotatable bonds is 3. The molecule has 6 heteroatoms. The molecule has 92 valence electrons. The summed E-state index contributed by atoms with van der Waals surface area (Å²) in [7, 11) is 1.33. The van der Waals surface area contributed by atoms with Crippen molar-refractivity contribution in [3.63, 3.8) is 0 Å². The number of hydrogen-bond donors (Lipinski definition) is 1. The van der Waals surface area contributed by atoms with E-state index in [2.05, 4.69) is 10.1 Å². The predicted octanol–water partition coefficient (Wildman–Crippen LogP) is 0.340. The van der Waals surface area contributed by atoms with Gasteiger partial charge in [-0.3, -0.25) is 4.79 Å². The first-order valence-corrected chi connectivity index (χ1v) is 5.26. The smallest absolute Gasteiger partial charge is 0.374 e. The van der Waals surface area contributed by atoms with Gasteiger partial charge in [0.25, 0.3) is 0 Å². The van der Waals surface area contributed by atoms with Gasteiger partial charge >= 0.3 is 11.9 Å². The maximum Gasteiger partial charge on any atom is 0.374 e. The van der Waals surface area contributed by atoms with Gasteiger partial charge in [-0.1, -0.05) is 0 Å². The van der Waals surface area contributed by atoms with Crippen LogP contribution in [0.15, 0.2) is 22.8 Å². The summed E-state index contributed by atoms with van der Waals surface area (Å²) in [6.07, 6.45) is 1.48. The highest BCUT2D eigenvalue weighted by atomic mass is 16.6. The van der Waals surface area contributed by atoms with E-state index >= 15 is 0 Å². The molecule has 0 bridgehead atoms. The lowest BCUT2D eigenvalue weighted by molar-refractivity contribution is -0.142. The summed E-state index contributed by atoms with van der Waals surface area (Å²) in [6.45, 7) is 0.437. The van der Waals surface area contributed by atoms with Crippen LogP contribution < -0.4 is 5.32 Å². The van der Waals surface area contributed by atoms with Gasteiger partial charge in [-0.05, 0) is 12.1 Å². The molecule has 2 heterocycles. The minimum atomic E-state index is -0.521. The molecule has 1 aliphatic rings. The van der Waals surface area contributed by atoms with Gasteiger partial charge in [0.05, 0.1) is 13.4 Å². The van der Waals surface area contributed by atoms with E-state index in [0.29, 0.717) is 13.0 Å². The van der Waals surface area contributed by atoms with Crippen LogP contribution in [-0.2, 0) is 14.3 Å². The van der Waals surface area contributed by atoms with Gasteiger partial charge in [0.1, 0.15) is 12.1 Å². The van der Waals surface area contributed by atoms with Crippen LogP contribution in [0.4, 0.5) is 0 Å². The predicted molar refractivity (Wildman–Crippen MR) is 56.3 cm³/mol. The zero-order valence-corrected chi connectivity index (χ0v) is 9.34. The Morgan fingerprint density at radius 1 is 1.53 bits per heavy atom. The number of carbonyl (C=O) groups is 2. The first kappa shape index (κ1) is 11.7. The number of ether oxygens (including phenoxy) is 2. The van der Waals surface area contributed by atoms with Gasteiger partial charge in [-0.25, -0.2) is 4.79 Å². The number of esters is 2. The molecule has 1 aromatic heterocycles. The zero-order chi connectivity index (χ0) is 12.3. The largest absolute Gasteiger partial charge is 0.468 e. The van der Waals surface area contributed by atoms with Crippen molar-refractivity contribution in [3.8, 4) is 0 Å². The fraction of sp³-hybridized carbons (Fsp3) is 0.455. The quantitative estimate of drug-likeness (QED) is 0.766. The molecule has 0 radical (unpaired) electrons. The van der Waals surface area contributed by atoms with Gasteiger partial charge in [0.15, 0.2) is 0 Å². The fourth-order valence-corrected chi connectivity index (χ4v) is 1.72. The zero-order valence-electron chi connectivity index (χ0n) is 9.34. The summed E-state index contributed by atoms with van der Waals surface area (Å²) in [4.78, 5) is 22.8. The number of hydrogen-bond acceptors (Lipinski definition) is 6. The Balaban J connectivity index is 1.86. The third kappa shape index (κ3) is 2.65. The second-order valence-electron chi connectivity index (χ2n) is 3.72. The highest BCUT2D eigenvalue weighted by molar-refractivity contribution is 5.86. The molecule has 1 fully saturated rings. The van der Waals surface area contributed by atoms with Crippen LogP contribution in [-0.4, -0.2) is 37.7 Å². The number of furan rings is 1. The van der Waals surface area contributed by atoms with Crippen molar-refractivity contribution in [3.05, 3.63) is 24.2 Å². The summed E-state index contributed by atoms with van der Waals surface area (Å²) in [5.74, 6) is -0.708. The second-order valence-corrected chi connectivity index (χ2v) is 3.72. The molecule has 0 aliphatic carbocycles. The van der Waals surface area contributed by atoms with Gasteiger partial charge in [-0.15, -0.1) is 0 Å². The Morgan fingerprint density at radius 3 is 3.00 bits per heavy atom. The van der Waals surface area contributed by atoms with Gasteiger partial charge in [0.2, 0.25) is 5.76 Å². The summed E-state index contributed by atoms with van der Waals surface area (Å²) >= 11 is 0. The molecule has 0 saturated carbocycles. The Hall–Kier alpha value is -1.82. The molecule has 0 spiro atoms. The van der Waals surface area contributed by atoms with Crippen molar-refractivity contribution in [2.75, 3.05) is 13.7 Å². The molecular weight excluding hydrogens is 226 g/mol. The molecule has 17 heavy (non-hydrogen) atoms. The summed E-state index contributed by atoms with van der Waals surface area (Å²) < 4.78 is 14.7. The number of nitrogens with one attached hydrogen (secondary N) is 1. The molecule has 1 aromatic rings. The second kappa shape index (κ2) is 5.01. The Labute approximate surface area is 97.9 Å². The van der Waals surface area contributed by atoms with Crippen LogP contribution in [0.5, 0.6) is 0 Å². The first-order valence-electron chi connectivity index (χ1n) is 5.26. The number of carbonyl (C=O) groups excluding carboxylic acids is 2. The van der Waals surface area contributed by atoms with Crippen molar-refractivity contribution in [1.82, 2.24) is 5.32 Å². The Morgan fingerprint density at radius 2 is 2.35 bits per heavy atom. The van der Waals surface area contributed by atoms with Crippen molar-refractivity contribution < 1.29 is 23.5 Å². The molecule has 0 amide bonds. The Bertz CT molecular complexity index is 400. The van der Waals surface area contributed by atoms with E-state index in [1.165, 1.54) is 19.4 Å². The van der Waals surface area contributed by atoms with E-state index in [1.54, 1.807) is 6.07 Å². The van der Waals surface area contributed by atoms with Crippen LogP contribution in [0.2, 0.25) is 0 Å². The number of methoxy groups -OCH3 is 1. The third-order valence-electron chi connectivity index (χ3n) is 2.57. The average molecular weight is 239 g/mol. The minimum Gasteiger partial charge on any atom is -0.468 e. The van der Waals surface area contributed by atoms with Crippen molar-refractivity contribution in [1.29, 1.82) is 0 Å². The summed E-state index contributed by atoms with van der Waals surface area (Å²) in [6, 6.07) is 2.73. The molecule has 2 atom stereocenters. The Kier molecular flexibility index (Phi) is 3.43. The molecule has 1 aliphatic heterocycles. The first-order chi connectivity index (χ1) is 8.20. The van der Waals surface area contributed by atoms with E-state index in [-0.39, 0.29) is 17.8 Å². The molecule has 0 unspecified atom stereocenters. The van der Waals surface area contributed by atoms with Crippen molar-refractivity contribution >= 4 is 11.9 Å². The lowest BCUT2D eigenvalue weighted by Gasteiger charge is -2.09. The maximum atomic E-state index is 11.5. The SMILES string of the molecule is COC(=O)[C@@H]1C[C@H](OC(=O)c2ccco2)CN1. The molecule has 6 nitrogen and oxygen atoms in total. The highest BCUT2D eigenvalue weighted by Gasteiger charge is 2.32. The maximum absolute atomic E-state index is 11.5. The molecule has 1 N–H and O–H groups in total. The van der Waals surface area contributed by atoms with Crippen molar-refractivity contribution in [2.24, 2.45) is 0 Å². The van der Waals surface area contributed by atoms with Crippen LogP contribution >= 0.6 is 0 Å². The van der Waals surface area contributed by atoms with Crippen LogP contribution in [0.3, 0.4) is 0 Å². The van der Waals surface area contributed by atoms with Crippen LogP contribution in [0.25, 0.3) is 0 Å². The molecule has 0 aromatic carbocycles. The van der Waals surface area contributed by atoms with Crippen LogP contribution in [0.1, 0.15) is 17.0 Å². The lowest BCUT2D eigenvalue weighted by atomic mass is 10.2. The standard InChI is InChI=1S/C11H13NO5/c1-15-10(13)8-5-7(6-12-8)17-11(14)9-3-2-4-16-9/h2-4,7-8,12H,5-6H2,1H3/t7-,8-/m0/s1. The molecular formula is C11H13NO5. The van der Waals surface area contributed by atoms with Gasteiger partial charge in [-0.2, -0.15) is 0 Å². The molecule has 1 saturated heterocycles. The molecule has 2 rings (SSSR count). The van der Waals surface area contributed by atoms with Crippen LogP contribution in [0, 0.1) is 0 Å². The monoisotopic (exact) mass is 239 g/mol. The van der Waals surface area contributed by atoms with E-state index in [9.17, 15) is 9.59 Å². The lowest BCUT2D eigenvalue weighted by Crippen LogP contribution is -2.31. The fourth-order valence-electron chi connectivity index (χ4n) is 1.72. The third-order valence-corrected chi connectivity index (χ3v) is 2.57. The topological polar surface area (TPSA) is 77.8 Å². The summed E-state index contributed by atoms with van der Waals surface area (Å²) in [5, 5.41) is 2.93. The van der Waals surface area contributed by atoms with E-state index < -0.39 is 12.0 Å². The van der Waals surface area contributed by atoms with Gasteiger partial charge < -0.3 is 19.2 Å². The van der Waals surface area contributed by atoms with Crippen molar-refractivity contribution in [2.45, 2.75) is 18.6 Å². The minimum absolute atomic E-state index is 0.159.